The summed E-state index contributed by atoms with van der Waals surface area (Å²) < 4.78 is 0. The molecule has 1 radical (unpaired) electrons. The topological polar surface area (TPSA) is 12.0 Å². The molecule has 0 bridgehead atoms. The first kappa shape index (κ1) is 7.52. The van der Waals surface area contributed by atoms with Crippen molar-refractivity contribution in [3.8, 4) is 5.92 Å². The molecule has 0 aromatic heterocycles. The number of hydrogen-bond acceptors (Lipinski definition) is 1. The second-order valence-electron chi connectivity index (χ2n) is 1.66. The van der Waals surface area contributed by atoms with Gasteiger partial charge in [-0.2, -0.15) is 0 Å². The van der Waals surface area contributed by atoms with E-state index in [-0.39, 0.29) is 6.04 Å². The SMILES string of the molecule is [C]#CC(CC)NCC. The molecule has 1 unspecified atom stereocenters. The van der Waals surface area contributed by atoms with Crippen LogP contribution in [-0.4, -0.2) is 12.6 Å². The largest absolute Gasteiger partial charge is 0.304 e. The predicted octanol–water partition coefficient (Wildman–Crippen LogP) is 0.964. The Kier molecular flexibility index (Phi) is 4.39. The summed E-state index contributed by atoms with van der Waals surface area (Å²) >= 11 is 0. The van der Waals surface area contributed by atoms with E-state index in [1.807, 2.05) is 13.8 Å². The van der Waals surface area contributed by atoms with Crippen LogP contribution >= 0.6 is 0 Å². The zero-order valence-corrected chi connectivity index (χ0v) is 5.49. The van der Waals surface area contributed by atoms with E-state index in [4.69, 9.17) is 6.42 Å². The van der Waals surface area contributed by atoms with Crippen molar-refractivity contribution in [3.05, 3.63) is 6.42 Å². The van der Waals surface area contributed by atoms with Gasteiger partial charge in [-0.3, -0.25) is 0 Å². The monoisotopic (exact) mass is 110 g/mol. The molecular weight excluding hydrogens is 98.1 g/mol. The maximum absolute atomic E-state index is 6.75. The van der Waals surface area contributed by atoms with Crippen LogP contribution in [0.1, 0.15) is 20.3 Å². The summed E-state index contributed by atoms with van der Waals surface area (Å²) in [6.07, 6.45) is 7.71. The Morgan fingerprint density at radius 3 is 2.38 bits per heavy atom. The van der Waals surface area contributed by atoms with Crippen LogP contribution in [0.4, 0.5) is 0 Å². The fourth-order valence-corrected chi connectivity index (χ4v) is 0.544. The maximum atomic E-state index is 6.75. The first-order chi connectivity index (χ1) is 3.85. The van der Waals surface area contributed by atoms with Crippen molar-refractivity contribution in [2.45, 2.75) is 26.3 Å². The van der Waals surface area contributed by atoms with E-state index in [1.54, 1.807) is 0 Å². The second kappa shape index (κ2) is 4.67. The molecule has 1 heteroatoms. The highest BCUT2D eigenvalue weighted by Crippen LogP contribution is 1.84. The summed E-state index contributed by atoms with van der Waals surface area (Å²) in [5.74, 6) is 2.39. The van der Waals surface area contributed by atoms with E-state index in [9.17, 15) is 0 Å². The molecular formula is C7H12N. The van der Waals surface area contributed by atoms with Crippen molar-refractivity contribution in [2.24, 2.45) is 0 Å². The van der Waals surface area contributed by atoms with Crippen molar-refractivity contribution in [2.75, 3.05) is 6.54 Å². The molecule has 0 aliphatic heterocycles. The van der Waals surface area contributed by atoms with Crippen LogP contribution in [0.2, 0.25) is 0 Å². The molecule has 1 atom stereocenters. The lowest BCUT2D eigenvalue weighted by Gasteiger charge is -2.05. The predicted molar refractivity (Wildman–Crippen MR) is 34.9 cm³/mol. The third kappa shape index (κ3) is 2.65. The van der Waals surface area contributed by atoms with E-state index in [1.165, 1.54) is 0 Å². The van der Waals surface area contributed by atoms with Crippen LogP contribution in [0.15, 0.2) is 0 Å². The minimum atomic E-state index is 0.167. The first-order valence-corrected chi connectivity index (χ1v) is 3.00. The molecule has 0 aromatic carbocycles. The molecule has 1 nitrogen and oxygen atoms in total. The smallest absolute Gasteiger partial charge is 0.0697 e. The number of hydrogen-bond donors (Lipinski definition) is 1. The molecule has 8 heavy (non-hydrogen) atoms. The normalized spacial score (nSPS) is 12.6. The van der Waals surface area contributed by atoms with Crippen LogP contribution in [0.5, 0.6) is 0 Å². The van der Waals surface area contributed by atoms with Gasteiger partial charge in [-0.25, -0.2) is 0 Å². The third-order valence-corrected chi connectivity index (χ3v) is 1.03. The Morgan fingerprint density at radius 1 is 1.62 bits per heavy atom. The molecule has 0 aliphatic carbocycles. The van der Waals surface area contributed by atoms with Gasteiger partial charge in [0.25, 0.3) is 0 Å². The van der Waals surface area contributed by atoms with E-state index >= 15 is 0 Å². The summed E-state index contributed by atoms with van der Waals surface area (Å²) in [7, 11) is 0. The van der Waals surface area contributed by atoms with Gasteiger partial charge < -0.3 is 5.32 Å². The molecule has 0 amide bonds. The van der Waals surface area contributed by atoms with Crippen molar-refractivity contribution < 1.29 is 0 Å². The molecule has 0 heterocycles. The number of rotatable bonds is 3. The van der Waals surface area contributed by atoms with E-state index in [0.29, 0.717) is 0 Å². The van der Waals surface area contributed by atoms with Gasteiger partial charge in [-0.15, -0.1) is 0 Å². The van der Waals surface area contributed by atoms with Crippen LogP contribution in [0, 0.1) is 12.3 Å². The average molecular weight is 110 g/mol. The Hall–Kier alpha value is -0.480. The minimum Gasteiger partial charge on any atom is -0.304 e. The summed E-state index contributed by atoms with van der Waals surface area (Å²) in [5, 5.41) is 3.08. The van der Waals surface area contributed by atoms with Gasteiger partial charge in [0, 0.05) is 0 Å². The molecule has 0 rings (SSSR count). The fourth-order valence-electron chi connectivity index (χ4n) is 0.544. The van der Waals surface area contributed by atoms with Crippen molar-refractivity contribution in [3.63, 3.8) is 0 Å². The molecule has 0 saturated heterocycles. The standard InChI is InChI=1S/C7H12N/c1-4-7(5-2)8-6-3/h7-8H,4,6H2,1,3H3. The van der Waals surface area contributed by atoms with Crippen molar-refractivity contribution in [1.82, 2.24) is 5.32 Å². The lowest BCUT2D eigenvalue weighted by atomic mass is 10.2. The molecule has 0 aliphatic rings. The molecule has 45 valence electrons. The maximum Gasteiger partial charge on any atom is 0.0697 e. The van der Waals surface area contributed by atoms with Gasteiger partial charge in [-0.1, -0.05) is 19.8 Å². The summed E-state index contributed by atoms with van der Waals surface area (Å²) in [6.45, 7) is 4.99. The van der Waals surface area contributed by atoms with Gasteiger partial charge in [0.2, 0.25) is 0 Å². The number of nitrogens with one attached hydrogen (secondary N) is 1. The second-order valence-corrected chi connectivity index (χ2v) is 1.66. The highest BCUT2D eigenvalue weighted by molar-refractivity contribution is 4.91. The average Bonchev–Trinajstić information content (AvgIpc) is 1.83. The Bertz CT molecular complexity index is 80.9. The molecule has 0 aromatic rings. The lowest BCUT2D eigenvalue weighted by Crippen LogP contribution is -2.25. The van der Waals surface area contributed by atoms with Crippen LogP contribution in [0.3, 0.4) is 0 Å². The highest BCUT2D eigenvalue weighted by Gasteiger charge is 1.94. The van der Waals surface area contributed by atoms with Gasteiger partial charge in [-0.05, 0) is 19.4 Å². The Morgan fingerprint density at radius 2 is 2.25 bits per heavy atom. The molecule has 0 saturated carbocycles. The zero-order valence-electron chi connectivity index (χ0n) is 5.49. The fraction of sp³-hybridized carbons (Fsp3) is 0.714. The zero-order chi connectivity index (χ0) is 6.41. The molecule has 1 N–H and O–H groups in total. The minimum absolute atomic E-state index is 0.167. The van der Waals surface area contributed by atoms with E-state index < -0.39 is 0 Å². The summed E-state index contributed by atoms with van der Waals surface area (Å²) in [6, 6.07) is 0.167. The van der Waals surface area contributed by atoms with Crippen LogP contribution in [-0.2, 0) is 0 Å². The van der Waals surface area contributed by atoms with E-state index in [0.717, 1.165) is 13.0 Å². The van der Waals surface area contributed by atoms with Gasteiger partial charge in [0.05, 0.1) is 6.04 Å². The van der Waals surface area contributed by atoms with E-state index in [2.05, 4.69) is 11.2 Å². The van der Waals surface area contributed by atoms with Crippen molar-refractivity contribution >= 4 is 0 Å². The third-order valence-electron chi connectivity index (χ3n) is 1.03. The Balaban J connectivity index is 3.26. The Labute approximate surface area is 51.5 Å². The molecule has 0 spiro atoms. The van der Waals surface area contributed by atoms with Gasteiger partial charge in [0.1, 0.15) is 0 Å². The van der Waals surface area contributed by atoms with Gasteiger partial charge in [0.15, 0.2) is 0 Å². The van der Waals surface area contributed by atoms with Crippen LogP contribution in [0.25, 0.3) is 0 Å². The first-order valence-electron chi connectivity index (χ1n) is 3.00. The summed E-state index contributed by atoms with van der Waals surface area (Å²) in [4.78, 5) is 0. The van der Waals surface area contributed by atoms with Crippen LogP contribution < -0.4 is 5.32 Å². The lowest BCUT2D eigenvalue weighted by molar-refractivity contribution is 0.614. The van der Waals surface area contributed by atoms with Gasteiger partial charge >= 0.3 is 0 Å². The van der Waals surface area contributed by atoms with Crippen molar-refractivity contribution in [1.29, 1.82) is 0 Å². The highest BCUT2D eigenvalue weighted by atomic mass is 14.9. The quantitative estimate of drug-likeness (QED) is 0.534. The molecule has 0 fully saturated rings. The summed E-state index contributed by atoms with van der Waals surface area (Å²) in [5.41, 5.74) is 0.